The van der Waals surface area contributed by atoms with Gasteiger partial charge in [0.1, 0.15) is 6.61 Å². The van der Waals surface area contributed by atoms with E-state index in [1.54, 1.807) is 0 Å². The molecule has 0 radical (unpaired) electrons. The number of carboxylic acid groups (broad SMARTS) is 1. The van der Waals surface area contributed by atoms with Gasteiger partial charge in [0.05, 0.1) is 34.4 Å². The topological polar surface area (TPSA) is 99.1 Å². The predicted molar refractivity (Wildman–Crippen MR) is 256 cm³/mol. The lowest BCUT2D eigenvalue weighted by Gasteiger charge is -2.31. The molecular weight excluding hydrogens is 763 g/mol. The average molecular weight is 851 g/mol. The first kappa shape index (κ1) is 57.2. The van der Waals surface area contributed by atoms with Crippen LogP contribution in [0.5, 0.6) is 0 Å². The quantitative estimate of drug-likeness (QED) is 0.0215. The molecule has 8 nitrogen and oxygen atoms in total. The largest absolute Gasteiger partial charge is 0.477 e. The molecule has 0 aliphatic rings. The van der Waals surface area contributed by atoms with Gasteiger partial charge in [0, 0.05) is 19.3 Å². The summed E-state index contributed by atoms with van der Waals surface area (Å²) in [4.78, 5) is 37.1. The summed E-state index contributed by atoms with van der Waals surface area (Å²) in [5, 5.41) is 9.64. The number of rotatable bonds is 41. The zero-order chi connectivity index (χ0) is 44.9. The van der Waals surface area contributed by atoms with Crippen molar-refractivity contribution in [1.29, 1.82) is 0 Å². The first-order chi connectivity index (χ1) is 29.6. The van der Waals surface area contributed by atoms with Gasteiger partial charge in [-0.3, -0.25) is 9.59 Å². The second kappa shape index (κ2) is 42.9. The molecule has 0 amide bonds. The lowest BCUT2D eigenvalue weighted by Crippen LogP contribution is -2.50. The van der Waals surface area contributed by atoms with E-state index in [0.29, 0.717) is 19.3 Å². The zero-order valence-corrected chi connectivity index (χ0v) is 39.3. The third kappa shape index (κ3) is 41.4. The Bertz CT molecular complexity index is 1310. The van der Waals surface area contributed by atoms with Crippen LogP contribution in [0.15, 0.2) is 97.2 Å². The molecule has 0 aromatic heterocycles. The highest BCUT2D eigenvalue weighted by molar-refractivity contribution is 5.72. The minimum Gasteiger partial charge on any atom is -0.477 e. The van der Waals surface area contributed by atoms with Crippen molar-refractivity contribution in [3.63, 3.8) is 0 Å². The van der Waals surface area contributed by atoms with Gasteiger partial charge < -0.3 is 23.8 Å². The number of carbonyl (C=O) groups is 3. The summed E-state index contributed by atoms with van der Waals surface area (Å²) in [7, 11) is 5.51. The number of hydrogen-bond acceptors (Lipinski definition) is 6. The van der Waals surface area contributed by atoms with Gasteiger partial charge in [-0.2, -0.15) is 0 Å². The molecule has 0 aromatic rings. The summed E-state index contributed by atoms with van der Waals surface area (Å²) in [6.07, 6.45) is 57.3. The van der Waals surface area contributed by atoms with E-state index in [1.165, 1.54) is 32.1 Å². The van der Waals surface area contributed by atoms with Crippen LogP contribution in [0.2, 0.25) is 0 Å². The van der Waals surface area contributed by atoms with E-state index < -0.39 is 18.1 Å². The Hall–Kier alpha value is -3.75. The number of unbranched alkanes of at least 4 members (excludes halogenated alkanes) is 14. The van der Waals surface area contributed by atoms with E-state index in [9.17, 15) is 19.5 Å². The first-order valence-electron chi connectivity index (χ1n) is 23.8. The Kier molecular flexibility index (Phi) is 40.3. The van der Waals surface area contributed by atoms with Crippen molar-refractivity contribution in [2.45, 2.75) is 180 Å². The molecule has 0 saturated carbocycles. The normalized spacial score (nSPS) is 13.8. The van der Waals surface area contributed by atoms with Gasteiger partial charge in [-0.05, 0) is 77.0 Å². The zero-order valence-electron chi connectivity index (χ0n) is 39.3. The van der Waals surface area contributed by atoms with Crippen molar-refractivity contribution < 1.29 is 38.2 Å². The van der Waals surface area contributed by atoms with Crippen LogP contribution in [0.3, 0.4) is 0 Å². The van der Waals surface area contributed by atoms with Crippen LogP contribution in [0.1, 0.15) is 168 Å². The highest BCUT2D eigenvalue weighted by Gasteiger charge is 2.31. The second-order valence-corrected chi connectivity index (χ2v) is 16.7. The van der Waals surface area contributed by atoms with Gasteiger partial charge in [-0.1, -0.05) is 169 Å². The molecule has 0 aliphatic heterocycles. The summed E-state index contributed by atoms with van der Waals surface area (Å²) >= 11 is 0. The lowest BCUT2D eigenvalue weighted by atomic mass is 10.1. The Morgan fingerprint density at radius 2 is 0.984 bits per heavy atom. The number of hydrogen-bond donors (Lipinski definition) is 1. The number of aliphatic carboxylic acids is 1. The van der Waals surface area contributed by atoms with Crippen LogP contribution < -0.4 is 0 Å². The summed E-state index contributed by atoms with van der Waals surface area (Å²) in [6.45, 7) is 4.53. The van der Waals surface area contributed by atoms with Crippen molar-refractivity contribution in [2.75, 3.05) is 41.0 Å². The van der Waals surface area contributed by atoms with Gasteiger partial charge in [0.25, 0.3) is 0 Å². The van der Waals surface area contributed by atoms with Crippen LogP contribution in [-0.4, -0.2) is 80.6 Å². The number of likely N-dealkylation sites (N-methyl/N-ethyl adjacent to an activating group) is 1. The smallest absolute Gasteiger partial charge is 0.362 e. The first-order valence-corrected chi connectivity index (χ1v) is 23.8. The Labute approximate surface area is 373 Å². The third-order valence-corrected chi connectivity index (χ3v) is 10.1. The summed E-state index contributed by atoms with van der Waals surface area (Å²) in [5.74, 6) is -1.53. The number of quaternary nitrogens is 1. The van der Waals surface area contributed by atoms with Crippen molar-refractivity contribution in [1.82, 2.24) is 0 Å². The van der Waals surface area contributed by atoms with Crippen molar-refractivity contribution >= 4 is 17.9 Å². The predicted octanol–water partition coefficient (Wildman–Crippen LogP) is 13.5. The highest BCUT2D eigenvalue weighted by atomic mass is 16.6. The van der Waals surface area contributed by atoms with Crippen LogP contribution >= 0.6 is 0 Å². The van der Waals surface area contributed by atoms with Crippen molar-refractivity contribution in [2.24, 2.45) is 0 Å². The molecule has 0 bridgehead atoms. The molecule has 1 N–H and O–H groups in total. The SMILES string of the molecule is CC/C=C/C/C=C/C/C=C/C/C=C/CCCCCCCCC(=O)OCC(COCCC(C(=O)O)[N+](C)(C)C)OC(=O)CCCCCCC/C=C/C=C/C=C/C=C/CCCCC. The van der Waals surface area contributed by atoms with E-state index in [1.807, 2.05) is 27.2 Å². The van der Waals surface area contributed by atoms with Crippen molar-refractivity contribution in [3.8, 4) is 0 Å². The van der Waals surface area contributed by atoms with Gasteiger partial charge in [-0.25, -0.2) is 4.79 Å². The van der Waals surface area contributed by atoms with Gasteiger partial charge in [-0.15, -0.1) is 0 Å². The fraction of sp³-hybridized carbons (Fsp3) is 0.642. The van der Waals surface area contributed by atoms with Gasteiger partial charge in [0.2, 0.25) is 0 Å². The summed E-state index contributed by atoms with van der Waals surface area (Å²) in [6, 6.07) is -0.628. The summed E-state index contributed by atoms with van der Waals surface area (Å²) in [5.41, 5.74) is 0. The number of ether oxygens (including phenoxy) is 3. The molecule has 2 unspecified atom stereocenters. The fourth-order valence-corrected chi connectivity index (χ4v) is 6.39. The molecule has 0 fully saturated rings. The number of carboxylic acids is 1. The second-order valence-electron chi connectivity index (χ2n) is 16.7. The molecule has 61 heavy (non-hydrogen) atoms. The van der Waals surface area contributed by atoms with Crippen LogP contribution in [0.25, 0.3) is 0 Å². The molecule has 0 rings (SSSR count). The standard InChI is InChI=1S/C53H87NO7/c1-6-8-10-12-14-16-18-20-22-24-26-28-29-31-33-35-37-39-41-43-51(55)60-48-49(47-59-46-45-50(53(57)58)54(3,4)5)61-52(56)44-42-40-38-36-34-32-30-27-25-23-21-19-17-15-13-11-9-7-2/h8,10,14-17,19-23,25-28,30,49-50H,6-7,9,11-13,18,24,29,31-48H2,1-5H3/p+1/b10-8+,16-14+,17-15+,21-19+,22-20+,25-23+,28-26+,30-27+. The Balaban J connectivity index is 4.40. The fourth-order valence-electron chi connectivity index (χ4n) is 6.39. The summed E-state index contributed by atoms with van der Waals surface area (Å²) < 4.78 is 17.3. The van der Waals surface area contributed by atoms with E-state index >= 15 is 0 Å². The van der Waals surface area contributed by atoms with Gasteiger partial charge >= 0.3 is 17.9 Å². The van der Waals surface area contributed by atoms with E-state index in [4.69, 9.17) is 14.2 Å². The molecule has 0 heterocycles. The van der Waals surface area contributed by atoms with Crippen LogP contribution in [0, 0.1) is 0 Å². The molecule has 2 atom stereocenters. The monoisotopic (exact) mass is 851 g/mol. The highest BCUT2D eigenvalue weighted by Crippen LogP contribution is 2.13. The molecule has 0 spiro atoms. The third-order valence-electron chi connectivity index (χ3n) is 10.1. The molecule has 0 aromatic carbocycles. The minimum absolute atomic E-state index is 0.0403. The maximum absolute atomic E-state index is 12.8. The van der Waals surface area contributed by atoms with Crippen LogP contribution in [-0.2, 0) is 28.6 Å². The lowest BCUT2D eigenvalue weighted by molar-refractivity contribution is -0.887. The van der Waals surface area contributed by atoms with E-state index in [2.05, 4.69) is 105 Å². The average Bonchev–Trinajstić information content (AvgIpc) is 3.22. The molecule has 346 valence electrons. The Morgan fingerprint density at radius 3 is 1.51 bits per heavy atom. The maximum atomic E-state index is 12.8. The van der Waals surface area contributed by atoms with E-state index in [-0.39, 0.29) is 36.2 Å². The van der Waals surface area contributed by atoms with E-state index in [0.717, 1.165) is 103 Å². The van der Waals surface area contributed by atoms with Crippen molar-refractivity contribution in [3.05, 3.63) is 97.2 Å². The molecular formula is C53H88NO7+. The molecule has 0 saturated heterocycles. The number of nitrogens with zero attached hydrogens (tertiary/aromatic N) is 1. The molecule has 0 aliphatic carbocycles. The van der Waals surface area contributed by atoms with Gasteiger partial charge in [0.15, 0.2) is 12.1 Å². The number of allylic oxidation sites excluding steroid dienone is 16. The Morgan fingerprint density at radius 1 is 0.525 bits per heavy atom. The maximum Gasteiger partial charge on any atom is 0.362 e. The molecule has 8 heteroatoms. The number of carbonyl (C=O) groups excluding carboxylic acids is 2. The number of esters is 2. The van der Waals surface area contributed by atoms with Crippen LogP contribution in [0.4, 0.5) is 0 Å². The minimum atomic E-state index is -0.886.